The Kier molecular flexibility index (Phi) is 4.96. The van der Waals surface area contributed by atoms with Crippen LogP contribution in [-0.2, 0) is 7.05 Å². The Morgan fingerprint density at radius 3 is 2.66 bits per heavy atom. The lowest BCUT2D eigenvalue weighted by Gasteiger charge is -2.17. The average Bonchev–Trinajstić information content (AvgIpc) is 3.33. The summed E-state index contributed by atoms with van der Waals surface area (Å²) >= 11 is 1.51. The van der Waals surface area contributed by atoms with E-state index in [1.165, 1.54) is 35.2 Å². The Balaban J connectivity index is 1.67. The van der Waals surface area contributed by atoms with Crippen LogP contribution in [0.4, 0.5) is 0 Å². The van der Waals surface area contributed by atoms with Crippen LogP contribution in [0.25, 0.3) is 10.1 Å². The van der Waals surface area contributed by atoms with Crippen molar-refractivity contribution in [2.24, 2.45) is 7.05 Å². The Morgan fingerprint density at radius 2 is 1.93 bits per heavy atom. The lowest BCUT2D eigenvalue weighted by Crippen LogP contribution is -2.31. The van der Waals surface area contributed by atoms with E-state index in [0.717, 1.165) is 26.9 Å². The number of amides is 2. The van der Waals surface area contributed by atoms with Gasteiger partial charge in [-0.3, -0.25) is 14.4 Å². The highest BCUT2D eigenvalue weighted by Crippen LogP contribution is 2.40. The van der Waals surface area contributed by atoms with Gasteiger partial charge >= 0.3 is 0 Å². The van der Waals surface area contributed by atoms with E-state index in [0.29, 0.717) is 13.1 Å². The quantitative estimate of drug-likeness (QED) is 0.664. The molecule has 1 fully saturated rings. The van der Waals surface area contributed by atoms with E-state index < -0.39 is 0 Å². The predicted octanol–water partition coefficient (Wildman–Crippen LogP) is 2.33. The molecule has 150 valence electrons. The minimum Gasteiger partial charge on any atom is -0.344 e. The molecule has 2 aromatic heterocycles. The normalized spacial score (nSPS) is 16.4. The highest BCUT2D eigenvalue weighted by Gasteiger charge is 2.33. The molecule has 8 heteroatoms. The second kappa shape index (κ2) is 7.44. The number of hydrogen-bond acceptors (Lipinski definition) is 5. The number of hydrogen-bond donors (Lipinski definition) is 0. The predicted molar refractivity (Wildman–Crippen MR) is 113 cm³/mol. The average molecular weight is 410 g/mol. The number of carbonyl (C=O) groups excluding carboxylic acids is 2. The summed E-state index contributed by atoms with van der Waals surface area (Å²) in [4.78, 5) is 41.3. The van der Waals surface area contributed by atoms with Crippen LogP contribution in [-0.4, -0.2) is 58.6 Å². The summed E-state index contributed by atoms with van der Waals surface area (Å²) in [5.41, 5.74) is 1.04. The van der Waals surface area contributed by atoms with Gasteiger partial charge in [-0.1, -0.05) is 18.2 Å². The molecule has 0 saturated carbocycles. The Bertz CT molecular complexity index is 1160. The standard InChI is InChI=1S/C21H22N4O3S/c1-23(2)21(28)19-18(14-6-4-5-7-16(14)29-19)13-10-11-25(12-13)20(27)15-8-9-17(26)24(3)22-15/h4-9,13H,10-12H2,1-3H3/t13-/m1/s1. The molecule has 2 amide bonds. The lowest BCUT2D eigenvalue weighted by molar-refractivity contribution is 0.0782. The smallest absolute Gasteiger partial charge is 0.274 e. The van der Waals surface area contributed by atoms with Crippen LogP contribution in [0, 0.1) is 0 Å². The zero-order valence-electron chi connectivity index (χ0n) is 16.6. The van der Waals surface area contributed by atoms with Gasteiger partial charge in [-0.05, 0) is 29.5 Å². The molecule has 1 aliphatic heterocycles. The molecule has 29 heavy (non-hydrogen) atoms. The third kappa shape index (κ3) is 3.44. The number of carbonyl (C=O) groups is 2. The molecule has 0 bridgehead atoms. The van der Waals surface area contributed by atoms with Gasteiger partial charge in [0.2, 0.25) is 0 Å². The van der Waals surface area contributed by atoms with E-state index in [1.54, 1.807) is 23.9 Å². The number of fused-ring (bicyclic) bond motifs is 1. The summed E-state index contributed by atoms with van der Waals surface area (Å²) in [6.07, 6.45) is 0.784. The molecule has 0 spiro atoms. The fourth-order valence-corrected chi connectivity index (χ4v) is 5.10. The second-order valence-corrected chi connectivity index (χ2v) is 8.51. The molecule has 3 heterocycles. The summed E-state index contributed by atoms with van der Waals surface area (Å²) in [5, 5.41) is 5.16. The van der Waals surface area contributed by atoms with Crippen LogP contribution in [0.5, 0.6) is 0 Å². The fourth-order valence-electron chi connectivity index (χ4n) is 3.79. The van der Waals surface area contributed by atoms with E-state index in [1.807, 2.05) is 24.3 Å². The Hall–Kier alpha value is -3.00. The number of nitrogens with zero attached hydrogens (tertiary/aromatic N) is 4. The first kappa shape index (κ1) is 19.3. The molecule has 1 atom stereocenters. The second-order valence-electron chi connectivity index (χ2n) is 7.46. The minimum atomic E-state index is -0.252. The molecular weight excluding hydrogens is 388 g/mol. The number of thiophene rings is 1. The highest BCUT2D eigenvalue weighted by atomic mass is 32.1. The molecule has 0 unspecified atom stereocenters. The van der Waals surface area contributed by atoms with Gasteiger partial charge in [-0.25, -0.2) is 4.68 Å². The summed E-state index contributed by atoms with van der Waals surface area (Å²) < 4.78 is 2.25. The first-order valence-electron chi connectivity index (χ1n) is 9.43. The van der Waals surface area contributed by atoms with Crippen molar-refractivity contribution >= 4 is 33.2 Å². The van der Waals surface area contributed by atoms with E-state index >= 15 is 0 Å². The van der Waals surface area contributed by atoms with Gasteiger partial charge in [0.1, 0.15) is 5.69 Å². The van der Waals surface area contributed by atoms with Crippen LogP contribution in [0.15, 0.2) is 41.2 Å². The van der Waals surface area contributed by atoms with Gasteiger partial charge in [0.25, 0.3) is 17.4 Å². The number of benzene rings is 1. The maximum absolute atomic E-state index is 12.9. The zero-order valence-corrected chi connectivity index (χ0v) is 17.4. The summed E-state index contributed by atoms with van der Waals surface area (Å²) in [6, 6.07) is 10.9. The van der Waals surface area contributed by atoms with Crippen molar-refractivity contribution in [3.63, 3.8) is 0 Å². The van der Waals surface area contributed by atoms with E-state index in [2.05, 4.69) is 5.10 Å². The maximum Gasteiger partial charge on any atom is 0.274 e. The lowest BCUT2D eigenvalue weighted by atomic mass is 9.95. The van der Waals surface area contributed by atoms with Crippen LogP contribution < -0.4 is 5.56 Å². The third-order valence-corrected chi connectivity index (χ3v) is 6.47. The SMILES string of the molecule is CN(C)C(=O)c1sc2ccccc2c1[C@@H]1CCN(C(=O)c2ccc(=O)n(C)n2)C1. The van der Waals surface area contributed by atoms with Crippen LogP contribution >= 0.6 is 11.3 Å². The monoisotopic (exact) mass is 410 g/mol. The fraction of sp³-hybridized carbons (Fsp3) is 0.333. The first-order chi connectivity index (χ1) is 13.9. The van der Waals surface area contributed by atoms with Crippen molar-refractivity contribution in [1.29, 1.82) is 0 Å². The molecule has 0 aliphatic carbocycles. The summed E-state index contributed by atoms with van der Waals surface area (Å²) in [5.74, 6) is -0.115. The van der Waals surface area contributed by atoms with Crippen molar-refractivity contribution in [1.82, 2.24) is 19.6 Å². The molecule has 1 aliphatic rings. The van der Waals surface area contributed by atoms with Gasteiger partial charge < -0.3 is 9.80 Å². The van der Waals surface area contributed by atoms with Gasteiger partial charge in [0.05, 0.1) is 4.88 Å². The molecule has 7 nitrogen and oxygen atoms in total. The van der Waals surface area contributed by atoms with E-state index in [9.17, 15) is 14.4 Å². The van der Waals surface area contributed by atoms with Crippen molar-refractivity contribution in [2.75, 3.05) is 27.2 Å². The first-order valence-corrected chi connectivity index (χ1v) is 10.2. The number of likely N-dealkylation sites (tertiary alicyclic amines) is 1. The van der Waals surface area contributed by atoms with Crippen LogP contribution in [0.3, 0.4) is 0 Å². The third-order valence-electron chi connectivity index (χ3n) is 5.30. The van der Waals surface area contributed by atoms with Crippen LogP contribution in [0.1, 0.15) is 38.1 Å². The van der Waals surface area contributed by atoms with Crippen molar-refractivity contribution in [3.05, 3.63) is 62.9 Å². The highest BCUT2D eigenvalue weighted by molar-refractivity contribution is 7.21. The zero-order chi connectivity index (χ0) is 20.7. The molecule has 0 radical (unpaired) electrons. The number of aromatic nitrogens is 2. The molecule has 0 N–H and O–H groups in total. The van der Waals surface area contributed by atoms with E-state index in [4.69, 9.17) is 0 Å². The van der Waals surface area contributed by atoms with Gasteiger partial charge in [0.15, 0.2) is 0 Å². The van der Waals surface area contributed by atoms with Crippen LogP contribution in [0.2, 0.25) is 0 Å². The van der Waals surface area contributed by atoms with Crippen molar-refractivity contribution < 1.29 is 9.59 Å². The maximum atomic E-state index is 12.9. The number of rotatable bonds is 3. The molecule has 1 saturated heterocycles. The summed E-state index contributed by atoms with van der Waals surface area (Å²) in [7, 11) is 5.04. The Labute approximate surface area is 172 Å². The topological polar surface area (TPSA) is 75.5 Å². The van der Waals surface area contributed by atoms with Gasteiger partial charge in [-0.15, -0.1) is 11.3 Å². The van der Waals surface area contributed by atoms with E-state index in [-0.39, 0.29) is 29.0 Å². The summed E-state index contributed by atoms with van der Waals surface area (Å²) in [6.45, 7) is 1.12. The Morgan fingerprint density at radius 1 is 1.17 bits per heavy atom. The largest absolute Gasteiger partial charge is 0.344 e. The number of aryl methyl sites for hydroxylation is 1. The molecule has 3 aromatic rings. The minimum absolute atomic E-state index is 0.00861. The molecule has 4 rings (SSSR count). The van der Waals surface area contributed by atoms with Crippen molar-refractivity contribution in [3.8, 4) is 0 Å². The van der Waals surface area contributed by atoms with Gasteiger partial charge in [-0.2, -0.15) is 5.10 Å². The molecular formula is C21H22N4O3S. The molecule has 1 aromatic carbocycles. The van der Waals surface area contributed by atoms with Gasteiger partial charge in [0, 0.05) is 50.9 Å². The van der Waals surface area contributed by atoms with Crippen molar-refractivity contribution in [2.45, 2.75) is 12.3 Å².